The number of hydrogen-bond acceptors (Lipinski definition) is 0. The Balaban J connectivity index is 0.000000175. The molecule has 0 aliphatic heterocycles. The Hall–Kier alpha value is -2.22. The first-order chi connectivity index (χ1) is 20.7. The van der Waals surface area contributed by atoms with Gasteiger partial charge in [0.15, 0.2) is 0 Å². The van der Waals surface area contributed by atoms with Gasteiger partial charge in [-0.05, 0) is 10.8 Å². The molecule has 0 fully saturated rings. The number of rotatable bonds is 2. The fraction of sp³-hybridized carbons (Fsp3) is 0.250. The van der Waals surface area contributed by atoms with Crippen LogP contribution in [0, 0.1) is 13.8 Å². The Morgan fingerprint density at radius 1 is 0.568 bits per heavy atom. The van der Waals surface area contributed by atoms with Crippen molar-refractivity contribution in [1.29, 1.82) is 0 Å². The zero-order chi connectivity index (χ0) is 32.1. The smallest absolute Gasteiger partial charge is 0.172 e. The van der Waals surface area contributed by atoms with E-state index in [0.717, 1.165) is 0 Å². The Bertz CT molecular complexity index is 1690. The van der Waals surface area contributed by atoms with E-state index in [2.05, 4.69) is 146 Å². The van der Waals surface area contributed by atoms with Crippen LogP contribution in [0.5, 0.6) is 0 Å². The molecule has 0 saturated carbocycles. The van der Waals surface area contributed by atoms with Gasteiger partial charge in [-0.3, -0.25) is 0 Å². The third-order valence-electron chi connectivity index (χ3n) is 7.86. The van der Waals surface area contributed by atoms with Gasteiger partial charge in [0.05, 0.1) is 0 Å². The van der Waals surface area contributed by atoms with Crippen LogP contribution in [-0.2, 0) is 28.8 Å². The third-order valence-corrected chi connectivity index (χ3v) is 23.8. The van der Waals surface area contributed by atoms with E-state index in [4.69, 9.17) is 17.0 Å². The van der Waals surface area contributed by atoms with E-state index in [0.29, 0.717) is 0 Å². The summed E-state index contributed by atoms with van der Waals surface area (Å²) in [6, 6.07) is 43.5. The number of aryl methyl sites for hydroxylation is 2. The van der Waals surface area contributed by atoms with Crippen LogP contribution in [-0.4, -0.2) is 5.43 Å². The molecule has 228 valence electrons. The van der Waals surface area contributed by atoms with E-state index < -0.39 is 23.4 Å². The minimum atomic E-state index is -2.30. The molecule has 0 aliphatic carbocycles. The standard InChI is InChI=1S/C21H25.C14H14Si.C5H5.2ClH.Zr/c1-20(2,3)16-9-7-14-11-15-8-10-17(21(4,5)6)13-19(15)18(14)12-16;1-11-3-7-13(8-4-11)15-14-9-5-12(2)6-10-14;1-2-4-5-3-1;;;/h7-13H,1-6H3;3-10H,1-2H3;1-5H;2*1H;/q-1;;-1;;;+2/p-2. The molecule has 0 spiro atoms. The molecule has 6 rings (SSSR count). The van der Waals surface area contributed by atoms with Gasteiger partial charge in [0.1, 0.15) is 0 Å². The summed E-state index contributed by atoms with van der Waals surface area (Å²) in [7, 11) is 12.8. The van der Waals surface area contributed by atoms with Crippen molar-refractivity contribution >= 4 is 54.4 Å². The summed E-state index contributed by atoms with van der Waals surface area (Å²) in [6.45, 7) is 17.9. The largest absolute Gasteiger partial charge is 0.214 e. The van der Waals surface area contributed by atoms with Crippen molar-refractivity contribution < 1.29 is 18.0 Å². The Kier molecular flexibility index (Phi) is 11.7. The van der Waals surface area contributed by atoms with Crippen LogP contribution in [0.2, 0.25) is 0 Å². The molecule has 0 atom stereocenters. The predicted octanol–water partition coefficient (Wildman–Crippen LogP) is 11.0. The number of fused-ring (bicyclic) bond motifs is 3. The molecular weight excluding hydrogens is 671 g/mol. The summed E-state index contributed by atoms with van der Waals surface area (Å²) in [5.74, 6) is 0. The summed E-state index contributed by atoms with van der Waals surface area (Å²) >= 11 is -2.30. The Labute approximate surface area is 280 Å². The summed E-state index contributed by atoms with van der Waals surface area (Å²) in [4.78, 5) is 0. The van der Waals surface area contributed by atoms with Crippen molar-refractivity contribution in [3.8, 4) is 0 Å². The maximum Gasteiger partial charge on any atom is -0.172 e. The zero-order valence-electron chi connectivity index (χ0n) is 27.3. The van der Waals surface area contributed by atoms with Crippen LogP contribution in [0.25, 0.3) is 21.5 Å². The molecule has 6 aromatic rings. The van der Waals surface area contributed by atoms with Crippen LogP contribution in [0.3, 0.4) is 0 Å². The van der Waals surface area contributed by atoms with Gasteiger partial charge in [-0.1, -0.05) is 76.9 Å². The maximum absolute atomic E-state index is 6.40. The Morgan fingerprint density at radius 3 is 1.25 bits per heavy atom. The predicted molar refractivity (Wildman–Crippen MR) is 196 cm³/mol. The van der Waals surface area contributed by atoms with E-state index in [-0.39, 0.29) is 10.8 Å². The normalized spacial score (nSPS) is 11.4. The van der Waals surface area contributed by atoms with Gasteiger partial charge < -0.3 is 0 Å². The summed E-state index contributed by atoms with van der Waals surface area (Å²) in [6.07, 6.45) is 0. The second-order valence-electron chi connectivity index (χ2n) is 13.6. The second-order valence-corrected chi connectivity index (χ2v) is 32.8. The van der Waals surface area contributed by atoms with Crippen LogP contribution < -0.4 is 10.4 Å². The molecule has 0 aromatic heterocycles. The molecule has 4 heteroatoms. The molecule has 0 bridgehead atoms. The molecule has 44 heavy (non-hydrogen) atoms. The van der Waals surface area contributed by atoms with Gasteiger partial charge in [-0.15, -0.1) is 39.7 Å². The van der Waals surface area contributed by atoms with Crippen molar-refractivity contribution in [2.45, 2.75) is 66.2 Å². The van der Waals surface area contributed by atoms with Crippen molar-refractivity contribution in [2.75, 3.05) is 0 Å². The third kappa shape index (κ3) is 9.17. The summed E-state index contributed by atoms with van der Waals surface area (Å²) in [5.41, 5.74) is 4.83. The van der Waals surface area contributed by atoms with Crippen molar-refractivity contribution in [2.24, 2.45) is 0 Å². The summed E-state index contributed by atoms with van der Waals surface area (Å²) < 4.78 is 0. The van der Waals surface area contributed by atoms with Gasteiger partial charge in [0.2, 0.25) is 0 Å². The van der Waals surface area contributed by atoms with Crippen LogP contribution >= 0.6 is 17.0 Å². The maximum atomic E-state index is 6.40. The molecule has 0 aliphatic rings. The number of halogens is 2. The SMILES string of the molecule is CC(C)(C)c1ccc2[cH-]c3ccc(C(C)(C)C)cc3c2c1.Cc1ccc([Si](c2ccc(C)cc2)=[Zr]([Cl])[Cl])cc1.c1cc[cH-]c1. The minimum absolute atomic E-state index is 0.194. The van der Waals surface area contributed by atoms with Crippen molar-refractivity contribution in [3.05, 3.63) is 144 Å². The van der Waals surface area contributed by atoms with E-state index in [1.165, 1.54) is 54.2 Å². The molecule has 6 aromatic carbocycles. The average molecular weight is 715 g/mol. The van der Waals surface area contributed by atoms with Crippen LogP contribution in [0.4, 0.5) is 0 Å². The fourth-order valence-corrected chi connectivity index (χ4v) is 20.3. The molecule has 0 saturated heterocycles. The van der Waals surface area contributed by atoms with Crippen LogP contribution in [0.15, 0.2) is 121 Å². The van der Waals surface area contributed by atoms with E-state index in [9.17, 15) is 0 Å². The van der Waals surface area contributed by atoms with Gasteiger partial charge in [0, 0.05) is 0 Å². The van der Waals surface area contributed by atoms with Crippen LogP contribution in [0.1, 0.15) is 63.8 Å². The minimum Gasteiger partial charge on any atom is -0.214 e. The quantitative estimate of drug-likeness (QED) is 0.124. The average Bonchev–Trinajstić information content (AvgIpc) is 3.66. The van der Waals surface area contributed by atoms with Crippen molar-refractivity contribution in [3.63, 3.8) is 0 Å². The molecule has 0 N–H and O–H groups in total. The van der Waals surface area contributed by atoms with Gasteiger partial charge in [-0.2, -0.15) is 18.2 Å². The zero-order valence-corrected chi connectivity index (χ0v) is 32.3. The van der Waals surface area contributed by atoms with E-state index >= 15 is 0 Å². The van der Waals surface area contributed by atoms with E-state index in [1.54, 1.807) is 0 Å². The molecule has 0 unspecified atom stereocenters. The molecular formula is C40H44Cl2SiZr-2. The summed E-state index contributed by atoms with van der Waals surface area (Å²) in [5, 5.41) is 8.17. The molecule has 0 nitrogen and oxygen atoms in total. The van der Waals surface area contributed by atoms with E-state index in [1.807, 2.05) is 30.3 Å². The fourth-order valence-electron chi connectivity index (χ4n) is 5.08. The molecule has 0 heterocycles. The first kappa shape index (κ1) is 34.6. The Morgan fingerprint density at radius 2 is 0.955 bits per heavy atom. The van der Waals surface area contributed by atoms with Gasteiger partial charge in [0.25, 0.3) is 0 Å². The molecule has 0 radical (unpaired) electrons. The van der Waals surface area contributed by atoms with Gasteiger partial charge in [-0.25, -0.2) is 12.1 Å². The first-order valence-electron chi connectivity index (χ1n) is 15.2. The monoisotopic (exact) mass is 712 g/mol. The number of benzene rings is 4. The number of hydrogen-bond donors (Lipinski definition) is 0. The van der Waals surface area contributed by atoms with Gasteiger partial charge >= 0.3 is 124 Å². The molecule has 0 amide bonds. The first-order valence-corrected chi connectivity index (χ1v) is 26.8. The second kappa shape index (κ2) is 14.9. The topological polar surface area (TPSA) is 0 Å². The van der Waals surface area contributed by atoms with Crippen molar-refractivity contribution in [1.82, 2.24) is 0 Å².